The molecule has 0 bridgehead atoms. The van der Waals surface area contributed by atoms with Crippen molar-refractivity contribution >= 4 is 17.3 Å². The van der Waals surface area contributed by atoms with Gasteiger partial charge in [-0.15, -0.1) is 5.10 Å². The van der Waals surface area contributed by atoms with Crippen molar-refractivity contribution in [3.05, 3.63) is 23.2 Å². The molecule has 1 aromatic heterocycles. The summed E-state index contributed by atoms with van der Waals surface area (Å²) < 4.78 is 1.95. The van der Waals surface area contributed by atoms with Crippen LogP contribution in [0.5, 0.6) is 0 Å². The first-order valence-corrected chi connectivity index (χ1v) is 7.75. The van der Waals surface area contributed by atoms with Gasteiger partial charge >= 0.3 is 0 Å². The van der Waals surface area contributed by atoms with Crippen LogP contribution in [0.4, 0.5) is 5.69 Å². The third-order valence-corrected chi connectivity index (χ3v) is 4.59. The molecule has 1 fully saturated rings. The molecule has 1 saturated carbocycles. The number of benzene rings is 1. The fourth-order valence-corrected chi connectivity index (χ4v) is 3.53. The van der Waals surface area contributed by atoms with Crippen molar-refractivity contribution in [2.75, 3.05) is 5.73 Å². The van der Waals surface area contributed by atoms with Gasteiger partial charge in [0, 0.05) is 5.56 Å². The van der Waals surface area contributed by atoms with Crippen LogP contribution in [0.2, 0.25) is 5.02 Å². The third kappa shape index (κ3) is 2.88. The molecule has 0 spiro atoms. The molecule has 1 aromatic carbocycles. The molecular formula is C15H20ClN5. The maximum absolute atomic E-state index is 5.99. The molecule has 21 heavy (non-hydrogen) atoms. The minimum Gasteiger partial charge on any atom is -0.398 e. The number of anilines is 1. The van der Waals surface area contributed by atoms with E-state index in [2.05, 4.69) is 29.4 Å². The van der Waals surface area contributed by atoms with E-state index in [9.17, 15) is 0 Å². The summed E-state index contributed by atoms with van der Waals surface area (Å²) in [6.45, 7) is 4.60. The van der Waals surface area contributed by atoms with E-state index in [0.717, 1.165) is 24.2 Å². The van der Waals surface area contributed by atoms with E-state index in [1.165, 1.54) is 6.42 Å². The lowest BCUT2D eigenvalue weighted by Crippen LogP contribution is -2.24. The number of nitrogens with two attached hydrogens (primary N) is 1. The number of halogens is 1. The molecular weight excluding hydrogens is 286 g/mol. The van der Waals surface area contributed by atoms with Gasteiger partial charge in [0.1, 0.15) is 0 Å². The molecule has 0 saturated heterocycles. The summed E-state index contributed by atoms with van der Waals surface area (Å²) in [5.74, 6) is 2.17. The molecule has 1 aliphatic carbocycles. The maximum Gasteiger partial charge on any atom is 0.182 e. The van der Waals surface area contributed by atoms with E-state index in [1.54, 1.807) is 6.07 Å². The van der Waals surface area contributed by atoms with Gasteiger partial charge in [0.05, 0.1) is 16.8 Å². The summed E-state index contributed by atoms with van der Waals surface area (Å²) in [4.78, 5) is 0. The molecule has 0 amide bonds. The van der Waals surface area contributed by atoms with E-state index in [1.807, 2.05) is 16.8 Å². The Morgan fingerprint density at radius 1 is 1.19 bits per heavy atom. The number of nitrogens with zero attached hydrogens (tertiary/aromatic N) is 4. The van der Waals surface area contributed by atoms with Gasteiger partial charge in [-0.25, -0.2) is 4.68 Å². The van der Waals surface area contributed by atoms with Gasteiger partial charge in [-0.1, -0.05) is 25.4 Å². The molecule has 0 radical (unpaired) electrons. The van der Waals surface area contributed by atoms with Crippen LogP contribution >= 0.6 is 11.6 Å². The molecule has 1 aliphatic rings. The third-order valence-electron chi connectivity index (χ3n) is 4.25. The van der Waals surface area contributed by atoms with E-state index < -0.39 is 0 Å². The fraction of sp³-hybridized carbons (Fsp3) is 0.533. The van der Waals surface area contributed by atoms with Gasteiger partial charge in [-0.2, -0.15) is 0 Å². The number of tetrazole rings is 1. The van der Waals surface area contributed by atoms with Gasteiger partial charge < -0.3 is 5.73 Å². The Bertz CT molecular complexity index is 629. The lowest BCUT2D eigenvalue weighted by Gasteiger charge is -2.31. The van der Waals surface area contributed by atoms with Crippen LogP contribution in [-0.4, -0.2) is 20.2 Å². The quantitative estimate of drug-likeness (QED) is 0.861. The zero-order valence-electron chi connectivity index (χ0n) is 12.3. The summed E-state index contributed by atoms with van der Waals surface area (Å²) in [7, 11) is 0. The van der Waals surface area contributed by atoms with Crippen LogP contribution in [0.25, 0.3) is 11.4 Å². The topological polar surface area (TPSA) is 69.6 Å². The normalized spacial score (nSPS) is 26.0. The lowest BCUT2D eigenvalue weighted by atomic mass is 9.80. The van der Waals surface area contributed by atoms with E-state index in [4.69, 9.17) is 17.3 Å². The van der Waals surface area contributed by atoms with Gasteiger partial charge in [0.15, 0.2) is 5.82 Å². The average molecular weight is 306 g/mol. The Hall–Kier alpha value is -1.62. The van der Waals surface area contributed by atoms with Gasteiger partial charge in [-0.05, 0) is 59.7 Å². The molecule has 5 nitrogen and oxygen atoms in total. The monoisotopic (exact) mass is 305 g/mol. The molecule has 2 N–H and O–H groups in total. The summed E-state index contributed by atoms with van der Waals surface area (Å²) in [5.41, 5.74) is 7.35. The lowest BCUT2D eigenvalue weighted by molar-refractivity contribution is 0.209. The fourth-order valence-electron chi connectivity index (χ4n) is 3.42. The van der Waals surface area contributed by atoms with E-state index >= 15 is 0 Å². The molecule has 6 heteroatoms. The van der Waals surface area contributed by atoms with Crippen molar-refractivity contribution in [2.24, 2.45) is 11.8 Å². The molecule has 1 heterocycles. The number of hydrogen-bond donors (Lipinski definition) is 1. The average Bonchev–Trinajstić information content (AvgIpc) is 2.90. The summed E-state index contributed by atoms with van der Waals surface area (Å²) in [5, 5.41) is 12.8. The Morgan fingerprint density at radius 3 is 2.57 bits per heavy atom. The number of hydrogen-bond acceptors (Lipinski definition) is 4. The number of rotatable bonds is 2. The Kier molecular flexibility index (Phi) is 3.85. The minimum atomic E-state index is 0.352. The van der Waals surface area contributed by atoms with E-state index in [-0.39, 0.29) is 0 Å². The first-order chi connectivity index (χ1) is 10.0. The minimum absolute atomic E-state index is 0.352. The van der Waals surface area contributed by atoms with Crippen molar-refractivity contribution in [1.29, 1.82) is 0 Å². The van der Waals surface area contributed by atoms with Crippen LogP contribution in [0.3, 0.4) is 0 Å². The highest BCUT2D eigenvalue weighted by Crippen LogP contribution is 2.37. The first kappa shape index (κ1) is 14.3. The van der Waals surface area contributed by atoms with Gasteiger partial charge in [0.25, 0.3) is 0 Å². The molecule has 2 aromatic rings. The second-order valence-electron chi connectivity index (χ2n) is 6.25. The molecule has 2 atom stereocenters. The van der Waals surface area contributed by atoms with Crippen LogP contribution < -0.4 is 5.73 Å². The zero-order chi connectivity index (χ0) is 15.0. The van der Waals surface area contributed by atoms with Crippen molar-refractivity contribution in [3.63, 3.8) is 0 Å². The summed E-state index contributed by atoms with van der Waals surface area (Å²) >= 11 is 5.99. The van der Waals surface area contributed by atoms with Gasteiger partial charge in [0.2, 0.25) is 0 Å². The highest BCUT2D eigenvalue weighted by atomic mass is 35.5. The molecule has 2 unspecified atom stereocenters. The predicted molar refractivity (Wildman–Crippen MR) is 83.9 cm³/mol. The van der Waals surface area contributed by atoms with Crippen molar-refractivity contribution in [1.82, 2.24) is 20.2 Å². The molecule has 0 aliphatic heterocycles. The zero-order valence-corrected chi connectivity index (χ0v) is 13.1. The summed E-state index contributed by atoms with van der Waals surface area (Å²) in [6, 6.07) is 5.89. The Balaban J connectivity index is 1.95. The molecule has 3 rings (SSSR count). The van der Waals surface area contributed by atoms with Crippen LogP contribution in [0.15, 0.2) is 18.2 Å². The van der Waals surface area contributed by atoms with Gasteiger partial charge in [-0.3, -0.25) is 0 Å². The van der Waals surface area contributed by atoms with Crippen LogP contribution in [-0.2, 0) is 0 Å². The molecule has 112 valence electrons. The smallest absolute Gasteiger partial charge is 0.182 e. The SMILES string of the molecule is CC1CC(C)CC(n2nnnc2-c2ccc(Cl)c(N)c2)C1. The van der Waals surface area contributed by atoms with E-state index in [0.29, 0.717) is 28.6 Å². The Labute approximate surface area is 129 Å². The van der Waals surface area contributed by atoms with Crippen LogP contribution in [0.1, 0.15) is 39.2 Å². The second-order valence-corrected chi connectivity index (χ2v) is 6.66. The van der Waals surface area contributed by atoms with Crippen molar-refractivity contribution in [3.8, 4) is 11.4 Å². The number of aromatic nitrogens is 4. The van der Waals surface area contributed by atoms with Crippen molar-refractivity contribution < 1.29 is 0 Å². The van der Waals surface area contributed by atoms with Crippen LogP contribution in [0, 0.1) is 11.8 Å². The highest BCUT2D eigenvalue weighted by Gasteiger charge is 2.28. The van der Waals surface area contributed by atoms with Crippen molar-refractivity contribution in [2.45, 2.75) is 39.2 Å². The largest absolute Gasteiger partial charge is 0.398 e. The Morgan fingerprint density at radius 2 is 1.90 bits per heavy atom. The standard InChI is InChI=1S/C15H20ClN5/c1-9-5-10(2)7-12(6-9)21-15(18-19-20-21)11-3-4-13(16)14(17)8-11/h3-4,8-10,12H,5-7,17H2,1-2H3. The highest BCUT2D eigenvalue weighted by molar-refractivity contribution is 6.33. The number of nitrogen functional groups attached to an aromatic ring is 1. The second kappa shape index (κ2) is 5.64. The first-order valence-electron chi connectivity index (χ1n) is 7.38. The predicted octanol–water partition coefficient (Wildman–Crippen LogP) is 3.57. The maximum atomic E-state index is 5.99. The summed E-state index contributed by atoms with van der Waals surface area (Å²) in [6.07, 6.45) is 3.51.